The Labute approximate surface area is 104 Å². The lowest BCUT2D eigenvalue weighted by molar-refractivity contribution is 0.317. The Morgan fingerprint density at radius 1 is 1.18 bits per heavy atom. The Kier molecular flexibility index (Phi) is 3.99. The van der Waals surface area contributed by atoms with Crippen LogP contribution in [0.1, 0.15) is 33.3 Å². The van der Waals surface area contributed by atoms with Gasteiger partial charge in [0.05, 0.1) is 4.90 Å². The van der Waals surface area contributed by atoms with Gasteiger partial charge in [0, 0.05) is 6.04 Å². The van der Waals surface area contributed by atoms with Gasteiger partial charge in [0.15, 0.2) is 0 Å². The lowest BCUT2D eigenvalue weighted by atomic mass is 9.89. The lowest BCUT2D eigenvalue weighted by Crippen LogP contribution is -2.41. The summed E-state index contributed by atoms with van der Waals surface area (Å²) in [6, 6.07) is 6.89. The topological polar surface area (TPSA) is 46.2 Å². The van der Waals surface area contributed by atoms with Gasteiger partial charge in [0.25, 0.3) is 0 Å². The smallest absolute Gasteiger partial charge is 0.208 e. The summed E-state index contributed by atoms with van der Waals surface area (Å²) in [6.45, 7) is 9.72. The summed E-state index contributed by atoms with van der Waals surface area (Å²) in [5.41, 5.74) is 0.663. The second kappa shape index (κ2) is 4.78. The molecule has 4 heteroatoms. The molecule has 0 aliphatic heterocycles. The number of rotatable bonds is 3. The zero-order valence-corrected chi connectivity index (χ0v) is 11.9. The maximum Gasteiger partial charge on any atom is 0.241 e. The molecule has 1 aromatic rings. The van der Waals surface area contributed by atoms with E-state index < -0.39 is 10.0 Å². The van der Waals surface area contributed by atoms with Gasteiger partial charge in [-0.05, 0) is 30.9 Å². The van der Waals surface area contributed by atoms with Crippen molar-refractivity contribution in [3.05, 3.63) is 29.8 Å². The quantitative estimate of drug-likeness (QED) is 0.902. The molecule has 1 unspecified atom stereocenters. The summed E-state index contributed by atoms with van der Waals surface area (Å²) in [6.07, 6.45) is 0. The van der Waals surface area contributed by atoms with Crippen molar-refractivity contribution in [1.29, 1.82) is 0 Å². The van der Waals surface area contributed by atoms with Crippen molar-refractivity contribution in [3.8, 4) is 0 Å². The van der Waals surface area contributed by atoms with E-state index in [9.17, 15) is 8.42 Å². The van der Waals surface area contributed by atoms with Crippen molar-refractivity contribution in [2.24, 2.45) is 5.41 Å². The van der Waals surface area contributed by atoms with E-state index in [-0.39, 0.29) is 11.5 Å². The largest absolute Gasteiger partial charge is 0.241 e. The Hall–Kier alpha value is -0.870. The molecule has 1 N–H and O–H groups in total. The summed E-state index contributed by atoms with van der Waals surface area (Å²) in [5, 5.41) is 0. The molecular weight excluding hydrogens is 234 g/mol. The molecule has 0 saturated carbocycles. The molecule has 1 aromatic carbocycles. The molecule has 17 heavy (non-hydrogen) atoms. The van der Waals surface area contributed by atoms with Crippen LogP contribution in [0.15, 0.2) is 29.2 Å². The monoisotopic (exact) mass is 255 g/mol. The highest BCUT2D eigenvalue weighted by atomic mass is 32.2. The average Bonchev–Trinajstić information content (AvgIpc) is 2.15. The average molecular weight is 255 g/mol. The number of aryl methyl sites for hydroxylation is 1. The Balaban J connectivity index is 3.03. The van der Waals surface area contributed by atoms with Crippen LogP contribution in [-0.2, 0) is 10.0 Å². The Morgan fingerprint density at radius 2 is 1.71 bits per heavy atom. The van der Waals surface area contributed by atoms with Crippen molar-refractivity contribution >= 4 is 10.0 Å². The van der Waals surface area contributed by atoms with E-state index in [1.54, 1.807) is 25.1 Å². The predicted octanol–water partition coefficient (Wildman–Crippen LogP) is 2.71. The fraction of sp³-hybridized carbons (Fsp3) is 0.538. The fourth-order valence-corrected chi connectivity index (χ4v) is 3.03. The van der Waals surface area contributed by atoms with Crippen molar-refractivity contribution in [2.45, 2.75) is 45.6 Å². The van der Waals surface area contributed by atoms with Gasteiger partial charge in [0.1, 0.15) is 0 Å². The van der Waals surface area contributed by atoms with Gasteiger partial charge in [-0.3, -0.25) is 0 Å². The van der Waals surface area contributed by atoms with Crippen molar-refractivity contribution in [1.82, 2.24) is 4.72 Å². The van der Waals surface area contributed by atoms with Gasteiger partial charge in [-0.1, -0.05) is 39.0 Å². The fourth-order valence-electron chi connectivity index (χ4n) is 1.33. The zero-order valence-electron chi connectivity index (χ0n) is 11.1. The second-order valence-corrected chi connectivity index (χ2v) is 7.16. The minimum atomic E-state index is -3.42. The van der Waals surface area contributed by atoms with Crippen LogP contribution < -0.4 is 4.72 Å². The molecule has 0 spiro atoms. The number of nitrogens with one attached hydrogen (secondary N) is 1. The third kappa shape index (κ3) is 3.54. The molecule has 96 valence electrons. The molecule has 0 heterocycles. The van der Waals surface area contributed by atoms with Crippen LogP contribution >= 0.6 is 0 Å². The molecule has 0 radical (unpaired) electrons. The number of sulfonamides is 1. The minimum absolute atomic E-state index is 0.101. The molecule has 0 saturated heterocycles. The van der Waals surface area contributed by atoms with E-state index in [1.807, 2.05) is 33.8 Å². The summed E-state index contributed by atoms with van der Waals surface area (Å²) in [7, 11) is -3.42. The highest BCUT2D eigenvalue weighted by molar-refractivity contribution is 7.89. The maximum atomic E-state index is 12.2. The number of hydrogen-bond acceptors (Lipinski definition) is 2. The van der Waals surface area contributed by atoms with E-state index in [1.165, 1.54) is 0 Å². The van der Waals surface area contributed by atoms with E-state index in [2.05, 4.69) is 4.72 Å². The summed E-state index contributed by atoms with van der Waals surface area (Å²) in [4.78, 5) is 0.357. The van der Waals surface area contributed by atoms with Crippen LogP contribution in [0.4, 0.5) is 0 Å². The highest BCUT2D eigenvalue weighted by Gasteiger charge is 2.26. The molecule has 3 nitrogen and oxygen atoms in total. The van der Waals surface area contributed by atoms with Crippen LogP contribution in [0.25, 0.3) is 0 Å². The van der Waals surface area contributed by atoms with Crippen LogP contribution in [-0.4, -0.2) is 14.5 Å². The van der Waals surface area contributed by atoms with E-state index in [0.29, 0.717) is 4.90 Å². The lowest BCUT2D eigenvalue weighted by Gasteiger charge is -2.28. The van der Waals surface area contributed by atoms with E-state index in [4.69, 9.17) is 0 Å². The first-order valence-corrected chi connectivity index (χ1v) is 7.21. The van der Waals surface area contributed by atoms with Gasteiger partial charge in [-0.15, -0.1) is 0 Å². The number of benzene rings is 1. The Bertz CT molecular complexity index is 486. The Morgan fingerprint density at radius 3 is 2.18 bits per heavy atom. The molecule has 0 amide bonds. The molecule has 0 bridgehead atoms. The highest BCUT2D eigenvalue weighted by Crippen LogP contribution is 2.22. The predicted molar refractivity (Wildman–Crippen MR) is 70.4 cm³/mol. The summed E-state index contributed by atoms with van der Waals surface area (Å²) >= 11 is 0. The van der Waals surface area contributed by atoms with Gasteiger partial charge in [-0.25, -0.2) is 13.1 Å². The van der Waals surface area contributed by atoms with Crippen molar-refractivity contribution in [3.63, 3.8) is 0 Å². The van der Waals surface area contributed by atoms with Crippen LogP contribution in [0.3, 0.4) is 0 Å². The summed E-state index contributed by atoms with van der Waals surface area (Å²) < 4.78 is 27.1. The van der Waals surface area contributed by atoms with Crippen molar-refractivity contribution in [2.75, 3.05) is 0 Å². The van der Waals surface area contributed by atoms with Crippen LogP contribution in [0, 0.1) is 12.3 Å². The molecule has 0 fully saturated rings. The van der Waals surface area contributed by atoms with Gasteiger partial charge >= 0.3 is 0 Å². The maximum absolute atomic E-state index is 12.2. The zero-order chi connectivity index (χ0) is 13.3. The molecule has 1 atom stereocenters. The standard InChI is InChI=1S/C13H21NO2S/c1-10-8-6-7-9-12(10)17(15,16)14-11(2)13(3,4)5/h6-9,11,14H,1-5H3. The molecule has 0 aliphatic carbocycles. The first kappa shape index (κ1) is 14.2. The van der Waals surface area contributed by atoms with E-state index in [0.717, 1.165) is 5.56 Å². The normalized spacial score (nSPS) is 14.6. The summed E-state index contributed by atoms with van der Waals surface area (Å²) in [5.74, 6) is 0. The molecule has 0 aliphatic rings. The number of hydrogen-bond donors (Lipinski definition) is 1. The first-order chi connectivity index (χ1) is 7.64. The second-order valence-electron chi connectivity index (χ2n) is 5.47. The van der Waals surface area contributed by atoms with E-state index >= 15 is 0 Å². The van der Waals surface area contributed by atoms with Gasteiger partial charge in [-0.2, -0.15) is 0 Å². The van der Waals surface area contributed by atoms with Gasteiger partial charge < -0.3 is 0 Å². The third-order valence-corrected chi connectivity index (χ3v) is 4.72. The van der Waals surface area contributed by atoms with Gasteiger partial charge in [0.2, 0.25) is 10.0 Å². The van der Waals surface area contributed by atoms with Crippen LogP contribution in [0.2, 0.25) is 0 Å². The molecule has 1 rings (SSSR count). The molecular formula is C13H21NO2S. The molecule has 0 aromatic heterocycles. The van der Waals surface area contributed by atoms with Crippen molar-refractivity contribution < 1.29 is 8.42 Å². The van der Waals surface area contributed by atoms with Crippen LogP contribution in [0.5, 0.6) is 0 Å². The first-order valence-electron chi connectivity index (χ1n) is 5.72. The third-order valence-electron chi connectivity index (χ3n) is 3.01. The SMILES string of the molecule is Cc1ccccc1S(=O)(=O)NC(C)C(C)(C)C. The minimum Gasteiger partial charge on any atom is -0.208 e.